The zero-order valence-electron chi connectivity index (χ0n) is 15.0. The van der Waals surface area contributed by atoms with E-state index < -0.39 is 0 Å². The quantitative estimate of drug-likeness (QED) is 0.592. The zero-order chi connectivity index (χ0) is 18.4. The number of carbonyl (C=O) groups is 1. The molecule has 0 aromatic carbocycles. The van der Waals surface area contributed by atoms with Gasteiger partial charge in [-0.1, -0.05) is 37.9 Å². The molecule has 1 amide bonds. The highest BCUT2D eigenvalue weighted by molar-refractivity contribution is 7.10. The fourth-order valence-electron chi connectivity index (χ4n) is 2.98. The number of hydrogen-bond acceptors (Lipinski definition) is 6. The van der Waals surface area contributed by atoms with Gasteiger partial charge in [-0.2, -0.15) is 4.98 Å². The number of carbonyl (C=O) groups excluding carboxylic acids is 1. The molecule has 3 aromatic rings. The van der Waals surface area contributed by atoms with Crippen LogP contribution in [0.1, 0.15) is 49.9 Å². The maximum absolute atomic E-state index is 12.5. The monoisotopic (exact) mass is 373 g/mol. The fraction of sp³-hybridized carbons (Fsp3) is 0.421. The summed E-state index contributed by atoms with van der Waals surface area (Å²) in [6.45, 7) is 4.32. The van der Waals surface area contributed by atoms with E-state index in [1.165, 1.54) is 4.88 Å². The fourth-order valence-corrected chi connectivity index (χ4v) is 3.85. The number of nitrogens with zero attached hydrogens (tertiary/aromatic N) is 2. The topological polar surface area (TPSA) is 81.2 Å². The SMILES string of the molecule is CCC(CC)C(NC(=O)CCc1nc(-c2ccco2)no1)c1cccs1. The highest BCUT2D eigenvalue weighted by Gasteiger charge is 2.23. The molecule has 0 fully saturated rings. The van der Waals surface area contributed by atoms with E-state index in [9.17, 15) is 4.79 Å². The summed E-state index contributed by atoms with van der Waals surface area (Å²) < 4.78 is 10.4. The van der Waals surface area contributed by atoms with Crippen LogP contribution in [-0.2, 0) is 11.2 Å². The van der Waals surface area contributed by atoms with Crippen molar-refractivity contribution in [2.45, 2.75) is 45.6 Å². The number of aromatic nitrogens is 2. The van der Waals surface area contributed by atoms with Crippen molar-refractivity contribution in [2.75, 3.05) is 0 Å². The molecule has 7 heteroatoms. The van der Waals surface area contributed by atoms with Crippen LogP contribution in [0.5, 0.6) is 0 Å². The Morgan fingerprint density at radius 3 is 2.77 bits per heavy atom. The summed E-state index contributed by atoms with van der Waals surface area (Å²) >= 11 is 1.68. The normalized spacial score (nSPS) is 12.4. The van der Waals surface area contributed by atoms with Gasteiger partial charge in [-0.15, -0.1) is 11.3 Å². The van der Waals surface area contributed by atoms with Crippen molar-refractivity contribution < 1.29 is 13.7 Å². The number of hydrogen-bond donors (Lipinski definition) is 1. The zero-order valence-corrected chi connectivity index (χ0v) is 15.8. The van der Waals surface area contributed by atoms with Gasteiger partial charge in [0.15, 0.2) is 5.76 Å². The van der Waals surface area contributed by atoms with Crippen molar-refractivity contribution in [2.24, 2.45) is 5.92 Å². The third kappa shape index (κ3) is 4.40. The second-order valence-corrected chi connectivity index (χ2v) is 7.11. The first-order valence-electron chi connectivity index (χ1n) is 8.90. The Morgan fingerprint density at radius 1 is 1.27 bits per heavy atom. The van der Waals surface area contributed by atoms with Gasteiger partial charge in [0.2, 0.25) is 17.6 Å². The van der Waals surface area contributed by atoms with E-state index in [4.69, 9.17) is 8.94 Å². The summed E-state index contributed by atoms with van der Waals surface area (Å²) in [5.74, 6) is 1.80. The van der Waals surface area contributed by atoms with E-state index in [2.05, 4.69) is 35.4 Å². The third-order valence-electron chi connectivity index (χ3n) is 4.46. The number of furan rings is 1. The molecule has 0 radical (unpaired) electrons. The Labute approximate surface area is 156 Å². The molecule has 3 rings (SSSR count). The summed E-state index contributed by atoms with van der Waals surface area (Å²) in [7, 11) is 0. The van der Waals surface area contributed by atoms with E-state index >= 15 is 0 Å². The highest BCUT2D eigenvalue weighted by atomic mass is 32.1. The minimum Gasteiger partial charge on any atom is -0.461 e. The van der Waals surface area contributed by atoms with Crippen LogP contribution in [0.15, 0.2) is 44.8 Å². The molecule has 26 heavy (non-hydrogen) atoms. The van der Waals surface area contributed by atoms with Gasteiger partial charge in [0.1, 0.15) is 0 Å². The molecule has 0 saturated heterocycles. The van der Waals surface area contributed by atoms with Gasteiger partial charge in [-0.3, -0.25) is 4.79 Å². The molecule has 0 aliphatic rings. The van der Waals surface area contributed by atoms with E-state index in [0.29, 0.717) is 36.2 Å². The van der Waals surface area contributed by atoms with E-state index in [-0.39, 0.29) is 11.9 Å². The lowest BCUT2D eigenvalue weighted by molar-refractivity contribution is -0.122. The van der Waals surface area contributed by atoms with Crippen LogP contribution in [0.3, 0.4) is 0 Å². The maximum atomic E-state index is 12.5. The van der Waals surface area contributed by atoms with Crippen molar-refractivity contribution in [1.29, 1.82) is 0 Å². The summed E-state index contributed by atoms with van der Waals surface area (Å²) in [4.78, 5) is 17.9. The molecular formula is C19H23N3O3S. The smallest absolute Gasteiger partial charge is 0.238 e. The lowest BCUT2D eigenvalue weighted by atomic mass is 9.93. The largest absolute Gasteiger partial charge is 0.461 e. The summed E-state index contributed by atoms with van der Waals surface area (Å²) in [5, 5.41) is 9.12. The summed E-state index contributed by atoms with van der Waals surface area (Å²) in [5.41, 5.74) is 0. The number of aryl methyl sites for hydroxylation is 1. The van der Waals surface area contributed by atoms with Crippen molar-refractivity contribution in [3.05, 3.63) is 46.7 Å². The van der Waals surface area contributed by atoms with Crippen LogP contribution >= 0.6 is 11.3 Å². The maximum Gasteiger partial charge on any atom is 0.238 e. The van der Waals surface area contributed by atoms with Crippen molar-refractivity contribution in [3.63, 3.8) is 0 Å². The van der Waals surface area contributed by atoms with Crippen LogP contribution in [0, 0.1) is 5.92 Å². The molecule has 1 atom stereocenters. The van der Waals surface area contributed by atoms with Gasteiger partial charge >= 0.3 is 0 Å². The van der Waals surface area contributed by atoms with Crippen LogP contribution < -0.4 is 5.32 Å². The standard InChI is InChI=1S/C19H23N3O3S/c1-3-13(4-2)18(15-8-6-12-26-15)20-16(23)9-10-17-21-19(22-25-17)14-7-5-11-24-14/h5-8,11-13,18H,3-4,9-10H2,1-2H3,(H,20,23). The Balaban J connectivity index is 1.58. The first kappa shape index (κ1) is 18.4. The van der Waals surface area contributed by atoms with Gasteiger partial charge in [0.05, 0.1) is 12.3 Å². The Morgan fingerprint density at radius 2 is 2.12 bits per heavy atom. The highest BCUT2D eigenvalue weighted by Crippen LogP contribution is 2.30. The average molecular weight is 373 g/mol. The molecule has 0 spiro atoms. The molecule has 3 aromatic heterocycles. The number of thiophene rings is 1. The minimum absolute atomic E-state index is 0.00644. The predicted molar refractivity (Wildman–Crippen MR) is 99.6 cm³/mol. The van der Waals surface area contributed by atoms with E-state index in [1.807, 2.05) is 11.4 Å². The van der Waals surface area contributed by atoms with Crippen LogP contribution in [0.25, 0.3) is 11.6 Å². The van der Waals surface area contributed by atoms with Crippen molar-refractivity contribution in [3.8, 4) is 11.6 Å². The number of nitrogens with one attached hydrogen (secondary N) is 1. The van der Waals surface area contributed by atoms with Crippen LogP contribution in [0.2, 0.25) is 0 Å². The first-order chi connectivity index (χ1) is 12.7. The average Bonchev–Trinajstić information content (AvgIpc) is 3.42. The van der Waals surface area contributed by atoms with E-state index in [1.54, 1.807) is 29.7 Å². The second kappa shape index (κ2) is 8.80. The molecular weight excluding hydrogens is 350 g/mol. The first-order valence-corrected chi connectivity index (χ1v) is 9.78. The number of rotatable bonds is 9. The Hall–Kier alpha value is -2.41. The van der Waals surface area contributed by atoms with Crippen molar-refractivity contribution >= 4 is 17.2 Å². The molecule has 1 N–H and O–H groups in total. The van der Waals surface area contributed by atoms with Crippen LogP contribution in [-0.4, -0.2) is 16.0 Å². The van der Waals surface area contributed by atoms with Crippen molar-refractivity contribution in [1.82, 2.24) is 15.5 Å². The third-order valence-corrected chi connectivity index (χ3v) is 5.42. The minimum atomic E-state index is -0.00644. The summed E-state index contributed by atoms with van der Waals surface area (Å²) in [6, 6.07) is 7.70. The van der Waals surface area contributed by atoms with Gasteiger partial charge in [0, 0.05) is 17.7 Å². The molecule has 6 nitrogen and oxygen atoms in total. The molecule has 138 valence electrons. The molecule has 3 heterocycles. The van der Waals surface area contributed by atoms with Gasteiger partial charge < -0.3 is 14.3 Å². The van der Waals surface area contributed by atoms with Gasteiger partial charge in [-0.25, -0.2) is 0 Å². The molecule has 0 bridgehead atoms. The van der Waals surface area contributed by atoms with Gasteiger partial charge in [0.25, 0.3) is 0 Å². The molecule has 0 aliphatic heterocycles. The van der Waals surface area contributed by atoms with Crippen LogP contribution in [0.4, 0.5) is 0 Å². The van der Waals surface area contributed by atoms with E-state index in [0.717, 1.165) is 12.8 Å². The van der Waals surface area contributed by atoms with Gasteiger partial charge in [-0.05, 0) is 29.5 Å². The second-order valence-electron chi connectivity index (χ2n) is 6.13. The summed E-state index contributed by atoms with van der Waals surface area (Å²) in [6.07, 6.45) is 4.31. The predicted octanol–water partition coefficient (Wildman–Crippen LogP) is 4.62. The molecule has 0 saturated carbocycles. The Bertz CT molecular complexity index is 792. The molecule has 0 aliphatic carbocycles. The molecule has 1 unspecified atom stereocenters. The number of amides is 1. The lowest BCUT2D eigenvalue weighted by Gasteiger charge is -2.25. The lowest BCUT2D eigenvalue weighted by Crippen LogP contribution is -2.32. The Kier molecular flexibility index (Phi) is 6.22.